The molecule has 0 spiro atoms. The van der Waals surface area contributed by atoms with Crippen LogP contribution in [0.25, 0.3) is 10.9 Å². The molecule has 0 saturated carbocycles. The quantitative estimate of drug-likeness (QED) is 0.612. The normalized spacial score (nSPS) is 12.5. The van der Waals surface area contributed by atoms with Gasteiger partial charge >= 0.3 is 0 Å². The third-order valence-electron chi connectivity index (χ3n) is 3.31. The first-order chi connectivity index (χ1) is 8.86. The highest BCUT2D eigenvalue weighted by atomic mass is 14.9. The van der Waals surface area contributed by atoms with Gasteiger partial charge in [-0.15, -0.1) is 6.58 Å². The summed E-state index contributed by atoms with van der Waals surface area (Å²) in [7, 11) is 2.02. The van der Waals surface area contributed by atoms with Gasteiger partial charge in [-0.3, -0.25) is 4.98 Å². The van der Waals surface area contributed by atoms with Crippen LogP contribution in [0.3, 0.4) is 0 Å². The first-order valence-corrected chi connectivity index (χ1v) is 6.48. The van der Waals surface area contributed by atoms with Gasteiger partial charge in [0.15, 0.2) is 0 Å². The Morgan fingerprint density at radius 3 is 2.94 bits per heavy atom. The van der Waals surface area contributed by atoms with Gasteiger partial charge in [-0.1, -0.05) is 24.3 Å². The van der Waals surface area contributed by atoms with Crippen LogP contribution in [0.4, 0.5) is 0 Å². The minimum Gasteiger partial charge on any atom is -0.313 e. The van der Waals surface area contributed by atoms with Gasteiger partial charge in [0.1, 0.15) is 0 Å². The van der Waals surface area contributed by atoms with Crippen molar-refractivity contribution in [2.45, 2.75) is 25.3 Å². The van der Waals surface area contributed by atoms with Gasteiger partial charge in [0, 0.05) is 17.6 Å². The zero-order valence-corrected chi connectivity index (χ0v) is 10.9. The summed E-state index contributed by atoms with van der Waals surface area (Å²) >= 11 is 0. The number of rotatable bonds is 6. The number of nitrogens with zero attached hydrogens (tertiary/aromatic N) is 1. The van der Waals surface area contributed by atoms with Crippen LogP contribution in [0.2, 0.25) is 0 Å². The molecule has 0 radical (unpaired) electrons. The van der Waals surface area contributed by atoms with Crippen molar-refractivity contribution < 1.29 is 0 Å². The summed E-state index contributed by atoms with van der Waals surface area (Å²) in [5, 5.41) is 4.66. The lowest BCUT2D eigenvalue weighted by Crippen LogP contribution is -2.16. The number of unbranched alkanes of at least 4 members (excludes halogenated alkanes) is 1. The second-order valence-electron chi connectivity index (χ2n) is 4.48. The summed E-state index contributed by atoms with van der Waals surface area (Å²) in [6.45, 7) is 3.78. The molecule has 1 aromatic carbocycles. The Bertz CT molecular complexity index is 514. The lowest BCUT2D eigenvalue weighted by atomic mass is 9.98. The summed E-state index contributed by atoms with van der Waals surface area (Å²) in [4.78, 5) is 4.41. The third-order valence-corrected chi connectivity index (χ3v) is 3.31. The molecule has 2 nitrogen and oxygen atoms in total. The maximum Gasteiger partial charge on any atom is 0.0705 e. The molecule has 94 valence electrons. The number of aromatic nitrogens is 1. The number of hydrogen-bond acceptors (Lipinski definition) is 2. The second kappa shape index (κ2) is 6.31. The SMILES string of the molecule is C=CCCCC(NC)c1ccnc2ccccc12. The third kappa shape index (κ3) is 2.77. The molecule has 1 N–H and O–H groups in total. The number of fused-ring (bicyclic) bond motifs is 1. The smallest absolute Gasteiger partial charge is 0.0705 e. The Morgan fingerprint density at radius 2 is 2.17 bits per heavy atom. The van der Waals surface area contributed by atoms with E-state index in [2.05, 4.69) is 41.1 Å². The Labute approximate surface area is 109 Å². The standard InChI is InChI=1S/C16H20N2/c1-3-4-5-9-15(17-2)14-11-12-18-16-10-7-6-8-13(14)16/h3,6-8,10-12,15,17H,1,4-5,9H2,2H3. The zero-order valence-electron chi connectivity index (χ0n) is 10.9. The van der Waals surface area contributed by atoms with Gasteiger partial charge in [-0.2, -0.15) is 0 Å². The molecule has 2 rings (SSSR count). The molecule has 0 aliphatic carbocycles. The van der Waals surface area contributed by atoms with Crippen molar-refractivity contribution >= 4 is 10.9 Å². The van der Waals surface area contributed by atoms with E-state index in [9.17, 15) is 0 Å². The van der Waals surface area contributed by atoms with Crippen molar-refractivity contribution in [1.82, 2.24) is 10.3 Å². The van der Waals surface area contributed by atoms with Crippen molar-refractivity contribution in [3.63, 3.8) is 0 Å². The topological polar surface area (TPSA) is 24.9 Å². The van der Waals surface area contributed by atoms with Crippen LogP contribution < -0.4 is 5.32 Å². The van der Waals surface area contributed by atoms with Gasteiger partial charge in [0.25, 0.3) is 0 Å². The summed E-state index contributed by atoms with van der Waals surface area (Å²) in [5.74, 6) is 0. The average Bonchev–Trinajstić information content (AvgIpc) is 2.43. The van der Waals surface area contributed by atoms with E-state index in [1.807, 2.05) is 25.4 Å². The van der Waals surface area contributed by atoms with Gasteiger partial charge in [-0.05, 0) is 44.0 Å². The highest BCUT2D eigenvalue weighted by Crippen LogP contribution is 2.25. The molecule has 1 heterocycles. The largest absolute Gasteiger partial charge is 0.313 e. The number of nitrogens with one attached hydrogen (secondary N) is 1. The second-order valence-corrected chi connectivity index (χ2v) is 4.48. The maximum absolute atomic E-state index is 4.41. The van der Waals surface area contributed by atoms with Crippen LogP contribution in [0, 0.1) is 0 Å². The molecule has 0 bridgehead atoms. The fourth-order valence-electron chi connectivity index (χ4n) is 2.34. The first-order valence-electron chi connectivity index (χ1n) is 6.48. The molecule has 0 aliphatic heterocycles. The Morgan fingerprint density at radius 1 is 1.33 bits per heavy atom. The Hall–Kier alpha value is -1.67. The zero-order chi connectivity index (χ0) is 12.8. The van der Waals surface area contributed by atoms with E-state index in [1.54, 1.807) is 0 Å². The number of para-hydroxylation sites is 1. The number of benzene rings is 1. The van der Waals surface area contributed by atoms with E-state index in [1.165, 1.54) is 10.9 Å². The summed E-state index contributed by atoms with van der Waals surface area (Å²) < 4.78 is 0. The van der Waals surface area contributed by atoms with Crippen LogP contribution in [-0.2, 0) is 0 Å². The lowest BCUT2D eigenvalue weighted by molar-refractivity contribution is 0.533. The molecular formula is C16H20N2. The van der Waals surface area contributed by atoms with Crippen molar-refractivity contribution in [1.29, 1.82) is 0 Å². The predicted octanol–water partition coefficient (Wildman–Crippen LogP) is 3.85. The van der Waals surface area contributed by atoms with Crippen LogP contribution in [-0.4, -0.2) is 12.0 Å². The fraction of sp³-hybridized carbons (Fsp3) is 0.312. The van der Waals surface area contributed by atoms with E-state index in [0.717, 1.165) is 24.8 Å². The Balaban J connectivity index is 2.29. The van der Waals surface area contributed by atoms with Crippen molar-refractivity contribution in [2.75, 3.05) is 7.05 Å². The van der Waals surface area contributed by atoms with Crippen LogP contribution >= 0.6 is 0 Å². The first kappa shape index (κ1) is 12.8. The lowest BCUT2D eigenvalue weighted by Gasteiger charge is -2.18. The van der Waals surface area contributed by atoms with Crippen LogP contribution in [0.1, 0.15) is 30.9 Å². The summed E-state index contributed by atoms with van der Waals surface area (Å²) in [6, 6.07) is 10.8. The van der Waals surface area contributed by atoms with Crippen LogP contribution in [0.15, 0.2) is 49.2 Å². The average molecular weight is 240 g/mol. The molecule has 2 heteroatoms. The van der Waals surface area contributed by atoms with Gasteiger partial charge < -0.3 is 5.32 Å². The number of pyridine rings is 1. The van der Waals surface area contributed by atoms with Gasteiger partial charge in [0.2, 0.25) is 0 Å². The molecule has 1 atom stereocenters. The van der Waals surface area contributed by atoms with E-state index in [-0.39, 0.29) is 0 Å². The highest BCUT2D eigenvalue weighted by molar-refractivity contribution is 5.82. The molecule has 0 saturated heterocycles. The molecule has 0 amide bonds. The van der Waals surface area contributed by atoms with E-state index in [0.29, 0.717) is 6.04 Å². The molecule has 1 unspecified atom stereocenters. The van der Waals surface area contributed by atoms with E-state index >= 15 is 0 Å². The molecule has 2 aromatic rings. The van der Waals surface area contributed by atoms with Crippen molar-refractivity contribution in [3.8, 4) is 0 Å². The molecule has 0 aliphatic rings. The van der Waals surface area contributed by atoms with Crippen LogP contribution in [0.5, 0.6) is 0 Å². The van der Waals surface area contributed by atoms with E-state index in [4.69, 9.17) is 0 Å². The molecule has 0 fully saturated rings. The summed E-state index contributed by atoms with van der Waals surface area (Å²) in [5.41, 5.74) is 2.41. The number of allylic oxidation sites excluding steroid dienone is 1. The maximum atomic E-state index is 4.41. The van der Waals surface area contributed by atoms with Crippen molar-refractivity contribution in [2.24, 2.45) is 0 Å². The predicted molar refractivity (Wildman–Crippen MR) is 77.6 cm³/mol. The summed E-state index contributed by atoms with van der Waals surface area (Å²) in [6.07, 6.45) is 7.23. The Kier molecular flexibility index (Phi) is 4.48. The molecule has 18 heavy (non-hydrogen) atoms. The minimum absolute atomic E-state index is 0.387. The minimum atomic E-state index is 0.387. The monoisotopic (exact) mass is 240 g/mol. The van der Waals surface area contributed by atoms with Crippen molar-refractivity contribution in [3.05, 3.63) is 54.7 Å². The number of hydrogen-bond donors (Lipinski definition) is 1. The molecule has 1 aromatic heterocycles. The molecular weight excluding hydrogens is 220 g/mol. The highest BCUT2D eigenvalue weighted by Gasteiger charge is 2.11. The van der Waals surface area contributed by atoms with Gasteiger partial charge in [0.05, 0.1) is 5.52 Å². The fourth-order valence-corrected chi connectivity index (χ4v) is 2.34. The van der Waals surface area contributed by atoms with E-state index < -0.39 is 0 Å². The van der Waals surface area contributed by atoms with Gasteiger partial charge in [-0.25, -0.2) is 0 Å².